The SMILES string of the molecule is CC=CCCC1CCC(C2CCC(c3ccc(C)cc3)CC2)CC1. The molecule has 0 atom stereocenters. The fraction of sp³-hybridized carbons (Fsp3) is 0.667. The molecule has 0 radical (unpaired) electrons. The smallest absolute Gasteiger partial charge is 0.0162 e. The zero-order valence-corrected chi connectivity index (χ0v) is 15.8. The van der Waals surface area contributed by atoms with Crippen LogP contribution in [-0.2, 0) is 0 Å². The van der Waals surface area contributed by atoms with E-state index in [0.717, 1.165) is 23.7 Å². The normalized spacial score (nSPS) is 31.4. The Morgan fingerprint density at radius 1 is 0.833 bits per heavy atom. The van der Waals surface area contributed by atoms with Crippen LogP contribution >= 0.6 is 0 Å². The van der Waals surface area contributed by atoms with Gasteiger partial charge >= 0.3 is 0 Å². The molecule has 24 heavy (non-hydrogen) atoms. The Bertz CT molecular complexity index is 493. The third kappa shape index (κ3) is 4.74. The van der Waals surface area contributed by atoms with Crippen molar-refractivity contribution in [2.75, 3.05) is 0 Å². The lowest BCUT2D eigenvalue weighted by molar-refractivity contribution is 0.157. The molecular weight excluding hydrogens is 288 g/mol. The highest BCUT2D eigenvalue weighted by molar-refractivity contribution is 5.24. The fourth-order valence-electron chi connectivity index (χ4n) is 5.21. The Morgan fingerprint density at radius 2 is 1.42 bits per heavy atom. The van der Waals surface area contributed by atoms with Gasteiger partial charge in [0.25, 0.3) is 0 Å². The van der Waals surface area contributed by atoms with Gasteiger partial charge < -0.3 is 0 Å². The predicted molar refractivity (Wildman–Crippen MR) is 105 cm³/mol. The van der Waals surface area contributed by atoms with Gasteiger partial charge in [0, 0.05) is 0 Å². The van der Waals surface area contributed by atoms with Gasteiger partial charge in [-0.25, -0.2) is 0 Å². The minimum absolute atomic E-state index is 0.832. The monoisotopic (exact) mass is 324 g/mol. The first kappa shape index (κ1) is 17.8. The van der Waals surface area contributed by atoms with Gasteiger partial charge in [-0.2, -0.15) is 0 Å². The maximum atomic E-state index is 2.37. The van der Waals surface area contributed by atoms with Crippen LogP contribution in [0.25, 0.3) is 0 Å². The van der Waals surface area contributed by atoms with E-state index in [-0.39, 0.29) is 0 Å². The van der Waals surface area contributed by atoms with Gasteiger partial charge in [-0.1, -0.05) is 54.8 Å². The topological polar surface area (TPSA) is 0 Å². The van der Waals surface area contributed by atoms with Gasteiger partial charge in [-0.3, -0.25) is 0 Å². The van der Waals surface area contributed by atoms with E-state index in [4.69, 9.17) is 0 Å². The average Bonchev–Trinajstić information content (AvgIpc) is 2.63. The van der Waals surface area contributed by atoms with E-state index in [1.54, 1.807) is 5.56 Å². The molecule has 0 heterocycles. The minimum Gasteiger partial charge on any atom is -0.0917 e. The van der Waals surface area contributed by atoms with Crippen LogP contribution in [0.2, 0.25) is 0 Å². The summed E-state index contributed by atoms with van der Waals surface area (Å²) in [7, 11) is 0. The van der Waals surface area contributed by atoms with Crippen LogP contribution in [0.5, 0.6) is 0 Å². The Morgan fingerprint density at radius 3 is 2.00 bits per heavy atom. The van der Waals surface area contributed by atoms with E-state index in [1.165, 1.54) is 69.8 Å². The third-order valence-electron chi connectivity index (χ3n) is 6.86. The summed E-state index contributed by atoms with van der Waals surface area (Å²) in [4.78, 5) is 0. The zero-order valence-electron chi connectivity index (χ0n) is 15.8. The summed E-state index contributed by atoms with van der Waals surface area (Å²) in [5.41, 5.74) is 2.98. The highest BCUT2D eigenvalue weighted by Crippen LogP contribution is 2.44. The molecule has 2 aliphatic rings. The maximum absolute atomic E-state index is 2.37. The number of rotatable bonds is 5. The first-order chi connectivity index (χ1) is 11.8. The molecule has 132 valence electrons. The summed E-state index contributed by atoms with van der Waals surface area (Å²) < 4.78 is 0. The van der Waals surface area contributed by atoms with Gasteiger partial charge in [-0.15, -0.1) is 0 Å². The van der Waals surface area contributed by atoms with Crippen molar-refractivity contribution in [3.63, 3.8) is 0 Å². The molecule has 2 saturated carbocycles. The van der Waals surface area contributed by atoms with Crippen LogP contribution in [0.1, 0.15) is 88.2 Å². The van der Waals surface area contributed by atoms with Crippen molar-refractivity contribution in [3.05, 3.63) is 47.5 Å². The van der Waals surface area contributed by atoms with E-state index in [9.17, 15) is 0 Å². The third-order valence-corrected chi connectivity index (χ3v) is 6.86. The van der Waals surface area contributed by atoms with Gasteiger partial charge in [0.2, 0.25) is 0 Å². The fourth-order valence-corrected chi connectivity index (χ4v) is 5.21. The molecule has 0 heteroatoms. The number of allylic oxidation sites excluding steroid dienone is 2. The minimum atomic E-state index is 0.832. The van der Waals surface area contributed by atoms with Crippen LogP contribution in [0.15, 0.2) is 36.4 Å². The van der Waals surface area contributed by atoms with Gasteiger partial charge in [0.15, 0.2) is 0 Å². The van der Waals surface area contributed by atoms with Crippen LogP contribution in [0.4, 0.5) is 0 Å². The summed E-state index contributed by atoms with van der Waals surface area (Å²) in [5.74, 6) is 3.92. The van der Waals surface area contributed by atoms with Crippen molar-refractivity contribution in [1.82, 2.24) is 0 Å². The van der Waals surface area contributed by atoms with Crippen LogP contribution in [0, 0.1) is 24.7 Å². The molecule has 0 saturated heterocycles. The van der Waals surface area contributed by atoms with Crippen molar-refractivity contribution in [3.8, 4) is 0 Å². The number of aryl methyl sites for hydroxylation is 1. The summed E-state index contributed by atoms with van der Waals surface area (Å²) in [6.07, 6.45) is 19.1. The van der Waals surface area contributed by atoms with Crippen molar-refractivity contribution in [2.45, 2.75) is 84.0 Å². The second-order valence-electron chi connectivity index (χ2n) is 8.45. The summed E-state index contributed by atoms with van der Waals surface area (Å²) in [6.45, 7) is 4.33. The molecule has 0 amide bonds. The molecule has 0 unspecified atom stereocenters. The van der Waals surface area contributed by atoms with E-state index in [0.29, 0.717) is 0 Å². The first-order valence-corrected chi connectivity index (χ1v) is 10.4. The Kier molecular flexibility index (Phi) is 6.58. The van der Waals surface area contributed by atoms with Crippen molar-refractivity contribution in [1.29, 1.82) is 0 Å². The molecule has 2 fully saturated rings. The molecule has 0 N–H and O–H groups in total. The van der Waals surface area contributed by atoms with Crippen molar-refractivity contribution in [2.24, 2.45) is 17.8 Å². The molecule has 1 aromatic carbocycles. The summed E-state index contributed by atoms with van der Waals surface area (Å²) in [5, 5.41) is 0. The molecule has 0 bridgehead atoms. The number of benzene rings is 1. The molecule has 1 aromatic rings. The van der Waals surface area contributed by atoms with E-state index >= 15 is 0 Å². The second kappa shape index (κ2) is 8.88. The van der Waals surface area contributed by atoms with E-state index in [1.807, 2.05) is 0 Å². The molecule has 0 nitrogen and oxygen atoms in total. The highest BCUT2D eigenvalue weighted by Gasteiger charge is 2.31. The Labute approximate surface area is 149 Å². The van der Waals surface area contributed by atoms with E-state index < -0.39 is 0 Å². The molecule has 3 rings (SSSR count). The van der Waals surface area contributed by atoms with Crippen LogP contribution in [0.3, 0.4) is 0 Å². The Balaban J connectivity index is 1.42. The summed E-state index contributed by atoms with van der Waals surface area (Å²) in [6, 6.07) is 9.32. The largest absolute Gasteiger partial charge is 0.0917 e. The van der Waals surface area contributed by atoms with Gasteiger partial charge in [-0.05, 0) is 94.4 Å². The lowest BCUT2D eigenvalue weighted by Gasteiger charge is -2.38. The van der Waals surface area contributed by atoms with Gasteiger partial charge in [0.05, 0.1) is 0 Å². The van der Waals surface area contributed by atoms with Gasteiger partial charge in [0.1, 0.15) is 0 Å². The molecular formula is C24H36. The molecule has 0 aromatic heterocycles. The summed E-state index contributed by atoms with van der Waals surface area (Å²) >= 11 is 0. The zero-order chi connectivity index (χ0) is 16.8. The van der Waals surface area contributed by atoms with Crippen LogP contribution < -0.4 is 0 Å². The lowest BCUT2D eigenvalue weighted by Crippen LogP contribution is -2.25. The average molecular weight is 325 g/mol. The second-order valence-corrected chi connectivity index (χ2v) is 8.45. The lowest BCUT2D eigenvalue weighted by atomic mass is 9.68. The molecule has 0 aliphatic heterocycles. The van der Waals surface area contributed by atoms with Crippen molar-refractivity contribution < 1.29 is 0 Å². The first-order valence-electron chi connectivity index (χ1n) is 10.4. The highest BCUT2D eigenvalue weighted by atomic mass is 14.4. The quantitative estimate of drug-likeness (QED) is 0.494. The number of hydrogen-bond acceptors (Lipinski definition) is 0. The van der Waals surface area contributed by atoms with Crippen LogP contribution in [-0.4, -0.2) is 0 Å². The Hall–Kier alpha value is -1.04. The predicted octanol–water partition coefficient (Wildman–Crippen LogP) is 7.43. The number of hydrogen-bond donors (Lipinski definition) is 0. The maximum Gasteiger partial charge on any atom is -0.0162 e. The molecule has 0 spiro atoms. The van der Waals surface area contributed by atoms with Crippen molar-refractivity contribution >= 4 is 0 Å². The molecule has 2 aliphatic carbocycles. The standard InChI is InChI=1S/C24H36/c1-3-4-5-6-20-9-13-22(14-10-20)24-17-15-23(16-18-24)21-11-7-19(2)8-12-21/h3-4,7-8,11-12,20,22-24H,5-6,9-10,13-18H2,1-2H3. The van der Waals surface area contributed by atoms with E-state index in [2.05, 4.69) is 50.3 Å².